The van der Waals surface area contributed by atoms with Gasteiger partial charge in [0.15, 0.2) is 14.1 Å². The molecule has 0 saturated carbocycles. The summed E-state index contributed by atoms with van der Waals surface area (Å²) in [6, 6.07) is 14.0. The average molecular weight is 596 g/mol. The third-order valence-corrected chi connectivity index (χ3v) is 12.3. The Labute approximate surface area is 248 Å². The normalized spacial score (nSPS) is 13.8. The van der Waals surface area contributed by atoms with Crippen molar-refractivity contribution < 1.29 is 23.4 Å². The lowest BCUT2D eigenvalue weighted by Gasteiger charge is -2.36. The molecule has 0 fully saturated rings. The lowest BCUT2D eigenvalue weighted by Crippen LogP contribution is -2.40. The van der Waals surface area contributed by atoms with Gasteiger partial charge in [0.2, 0.25) is 0 Å². The molecule has 3 heterocycles. The number of aliphatic hydroxyl groups excluding tert-OH is 1. The molecule has 0 bridgehead atoms. The molecule has 0 saturated heterocycles. The molecule has 226 valence electrons. The zero-order chi connectivity index (χ0) is 30.5. The SMILES string of the molecule is COCCOc1cc(-c2cccc([C@H](N)C(F)CCO)n2)cc2c1cnn2-c1cccc(CO[Si](C)(C)C(C)(C)C)n1. The van der Waals surface area contributed by atoms with Crippen LogP contribution >= 0.6 is 0 Å². The van der Waals surface area contributed by atoms with E-state index in [9.17, 15) is 4.39 Å². The van der Waals surface area contributed by atoms with Crippen molar-refractivity contribution in [2.45, 2.75) is 64.1 Å². The summed E-state index contributed by atoms with van der Waals surface area (Å²) in [6.45, 7) is 12.0. The van der Waals surface area contributed by atoms with Gasteiger partial charge >= 0.3 is 0 Å². The van der Waals surface area contributed by atoms with Crippen molar-refractivity contribution in [2.75, 3.05) is 26.9 Å². The first-order chi connectivity index (χ1) is 19.9. The van der Waals surface area contributed by atoms with E-state index in [1.165, 1.54) is 0 Å². The number of rotatable bonds is 13. The highest BCUT2D eigenvalue weighted by Gasteiger charge is 2.37. The van der Waals surface area contributed by atoms with Crippen LogP contribution in [0.1, 0.15) is 44.6 Å². The second-order valence-electron chi connectivity index (χ2n) is 11.8. The molecule has 0 aliphatic rings. The minimum atomic E-state index is -1.95. The average Bonchev–Trinajstić information content (AvgIpc) is 3.40. The fourth-order valence-electron chi connectivity index (χ4n) is 4.20. The molecule has 4 aromatic rings. The first-order valence-electron chi connectivity index (χ1n) is 14.2. The lowest BCUT2D eigenvalue weighted by molar-refractivity contribution is 0.147. The smallest absolute Gasteiger partial charge is 0.192 e. The number of benzene rings is 1. The molecule has 3 aromatic heterocycles. The molecule has 0 aliphatic carbocycles. The van der Waals surface area contributed by atoms with E-state index in [1.807, 2.05) is 36.4 Å². The zero-order valence-corrected chi connectivity index (χ0v) is 26.3. The Kier molecular flexibility index (Phi) is 10.1. The van der Waals surface area contributed by atoms with E-state index in [0.29, 0.717) is 42.8 Å². The van der Waals surface area contributed by atoms with E-state index in [2.05, 4.69) is 43.9 Å². The number of halogens is 1. The third-order valence-electron chi connectivity index (χ3n) is 7.79. The highest BCUT2D eigenvalue weighted by Crippen LogP contribution is 2.37. The summed E-state index contributed by atoms with van der Waals surface area (Å²) in [6.07, 6.45) is 0.292. The Bertz CT molecular complexity index is 1490. The maximum Gasteiger partial charge on any atom is 0.192 e. The van der Waals surface area contributed by atoms with Crippen LogP contribution in [0.5, 0.6) is 5.75 Å². The van der Waals surface area contributed by atoms with Gasteiger partial charge in [-0.2, -0.15) is 5.10 Å². The minimum absolute atomic E-state index is 0.0529. The van der Waals surface area contributed by atoms with E-state index in [1.54, 1.807) is 30.1 Å². The fourth-order valence-corrected chi connectivity index (χ4v) is 5.14. The van der Waals surface area contributed by atoms with Crippen LogP contribution in [-0.2, 0) is 15.8 Å². The van der Waals surface area contributed by atoms with Crippen LogP contribution in [0.4, 0.5) is 4.39 Å². The number of ether oxygens (including phenoxy) is 2. The number of hydrogen-bond donors (Lipinski definition) is 2. The van der Waals surface area contributed by atoms with Crippen molar-refractivity contribution in [3.8, 4) is 22.8 Å². The van der Waals surface area contributed by atoms with Crippen LogP contribution in [0.2, 0.25) is 18.1 Å². The highest BCUT2D eigenvalue weighted by atomic mass is 28.4. The molecule has 1 unspecified atom stereocenters. The summed E-state index contributed by atoms with van der Waals surface area (Å²) in [5.74, 6) is 1.26. The van der Waals surface area contributed by atoms with Crippen LogP contribution in [0, 0.1) is 0 Å². The van der Waals surface area contributed by atoms with Crippen LogP contribution in [0.25, 0.3) is 28.0 Å². The number of aliphatic hydroxyl groups is 1. The van der Waals surface area contributed by atoms with Gasteiger partial charge in [0, 0.05) is 25.7 Å². The molecule has 11 heteroatoms. The van der Waals surface area contributed by atoms with Crippen molar-refractivity contribution >= 4 is 19.2 Å². The summed E-state index contributed by atoms with van der Waals surface area (Å²) >= 11 is 0. The molecule has 0 aliphatic heterocycles. The quantitative estimate of drug-likeness (QED) is 0.148. The van der Waals surface area contributed by atoms with Crippen molar-refractivity contribution in [3.63, 3.8) is 0 Å². The van der Waals surface area contributed by atoms with Gasteiger partial charge in [-0.1, -0.05) is 32.9 Å². The van der Waals surface area contributed by atoms with Gasteiger partial charge in [0.05, 0.1) is 53.4 Å². The predicted octanol–water partition coefficient (Wildman–Crippen LogP) is 5.75. The van der Waals surface area contributed by atoms with Crippen molar-refractivity contribution in [1.29, 1.82) is 0 Å². The second kappa shape index (κ2) is 13.4. The summed E-state index contributed by atoms with van der Waals surface area (Å²) in [5, 5.41) is 14.7. The van der Waals surface area contributed by atoms with Gasteiger partial charge in [-0.15, -0.1) is 0 Å². The molecule has 9 nitrogen and oxygen atoms in total. The highest BCUT2D eigenvalue weighted by molar-refractivity contribution is 6.74. The Morgan fingerprint density at radius 1 is 1.07 bits per heavy atom. The van der Waals surface area contributed by atoms with E-state index in [4.69, 9.17) is 29.7 Å². The van der Waals surface area contributed by atoms with E-state index in [0.717, 1.165) is 22.2 Å². The molecule has 0 amide bonds. The van der Waals surface area contributed by atoms with Crippen molar-refractivity contribution in [3.05, 3.63) is 66.1 Å². The summed E-state index contributed by atoms with van der Waals surface area (Å²) < 4.78 is 34.0. The molecule has 0 spiro atoms. The molecular weight excluding hydrogens is 553 g/mol. The number of methoxy groups -OCH3 is 1. The number of alkyl halides is 1. The second-order valence-corrected chi connectivity index (χ2v) is 16.7. The van der Waals surface area contributed by atoms with E-state index >= 15 is 0 Å². The third kappa shape index (κ3) is 7.21. The molecule has 42 heavy (non-hydrogen) atoms. The van der Waals surface area contributed by atoms with E-state index in [-0.39, 0.29) is 18.1 Å². The Hall–Kier alpha value is -3.22. The van der Waals surface area contributed by atoms with Crippen LogP contribution < -0.4 is 10.5 Å². The number of pyridine rings is 2. The molecule has 3 N–H and O–H groups in total. The van der Waals surface area contributed by atoms with E-state index < -0.39 is 20.5 Å². The first kappa shape index (κ1) is 31.7. The van der Waals surface area contributed by atoms with Gasteiger partial charge in [-0.3, -0.25) is 4.98 Å². The van der Waals surface area contributed by atoms with Gasteiger partial charge in [-0.25, -0.2) is 14.1 Å². The van der Waals surface area contributed by atoms with Crippen molar-refractivity contribution in [1.82, 2.24) is 19.7 Å². The van der Waals surface area contributed by atoms with Crippen LogP contribution in [-0.4, -0.2) is 66.3 Å². The summed E-state index contributed by atoms with van der Waals surface area (Å²) in [5.41, 5.74) is 9.48. The van der Waals surface area contributed by atoms with Crippen LogP contribution in [0.15, 0.2) is 54.7 Å². The number of aromatic nitrogens is 4. The van der Waals surface area contributed by atoms with Gasteiger partial charge < -0.3 is 24.7 Å². The fraction of sp³-hybridized carbons (Fsp3) is 0.452. The Morgan fingerprint density at radius 3 is 2.55 bits per heavy atom. The standard InChI is InChI=1S/C31H42FN5O4Si/c1-31(2,3)42(5,6)41-20-22-9-7-12-29(35-22)37-27-17-21(18-28(23(27)19-34-37)40-16-15-39-4)25-10-8-11-26(36-25)30(33)24(32)13-14-38/h7-12,17-19,24,30,38H,13-16,20,33H2,1-6H3/t24?,30-/m1/s1. The molecule has 1 aromatic carbocycles. The first-order valence-corrected chi connectivity index (χ1v) is 17.1. The van der Waals surface area contributed by atoms with Gasteiger partial charge in [0.1, 0.15) is 18.5 Å². The summed E-state index contributed by atoms with van der Waals surface area (Å²) in [4.78, 5) is 9.55. The zero-order valence-electron chi connectivity index (χ0n) is 25.3. The van der Waals surface area contributed by atoms with Gasteiger partial charge in [-0.05, 0) is 54.5 Å². The maximum absolute atomic E-state index is 14.5. The minimum Gasteiger partial charge on any atom is -0.490 e. The van der Waals surface area contributed by atoms with Gasteiger partial charge in [0.25, 0.3) is 0 Å². The Balaban J connectivity index is 1.74. The molecule has 2 atom stereocenters. The van der Waals surface area contributed by atoms with Crippen molar-refractivity contribution in [2.24, 2.45) is 5.73 Å². The predicted molar refractivity (Wildman–Crippen MR) is 165 cm³/mol. The largest absolute Gasteiger partial charge is 0.490 e. The number of hydrogen-bond acceptors (Lipinski definition) is 8. The number of nitrogens with zero attached hydrogens (tertiary/aromatic N) is 4. The number of nitrogens with two attached hydrogens (primary N) is 1. The Morgan fingerprint density at radius 2 is 1.83 bits per heavy atom. The molecular formula is C31H42FN5O4Si. The number of fused-ring (bicyclic) bond motifs is 1. The van der Waals surface area contributed by atoms with Crippen LogP contribution in [0.3, 0.4) is 0 Å². The topological polar surface area (TPSA) is 118 Å². The maximum atomic E-state index is 14.5. The molecule has 0 radical (unpaired) electrons. The lowest BCUT2D eigenvalue weighted by atomic mass is 10.0. The summed E-state index contributed by atoms with van der Waals surface area (Å²) in [7, 11) is -0.330. The monoisotopic (exact) mass is 595 g/mol. The molecule has 4 rings (SSSR count).